The van der Waals surface area contributed by atoms with E-state index < -0.39 is 0 Å². The molecule has 0 fully saturated rings. The Morgan fingerprint density at radius 2 is 2.00 bits per heavy atom. The average molecular weight is 251 g/mol. The highest BCUT2D eigenvalue weighted by Gasteiger charge is 2.12. The molecular formula is C13H21N3O2. The lowest BCUT2D eigenvalue weighted by Crippen LogP contribution is -2.37. The number of rotatable bonds is 6. The average Bonchev–Trinajstić information content (AvgIpc) is 2.29. The van der Waals surface area contributed by atoms with Crippen LogP contribution in [0.5, 0.6) is 5.75 Å². The molecule has 1 aromatic carbocycles. The molecule has 3 N–H and O–H groups in total. The molecule has 0 saturated heterocycles. The SMILES string of the molecule is CCOc1ccc(C(N)CC(=O)NN(C)C)cc1. The fourth-order valence-corrected chi connectivity index (χ4v) is 1.59. The number of nitrogens with one attached hydrogen (secondary N) is 1. The van der Waals surface area contributed by atoms with Gasteiger partial charge in [-0.25, -0.2) is 5.01 Å². The third-order valence-electron chi connectivity index (χ3n) is 2.37. The molecule has 1 rings (SSSR count). The molecule has 0 spiro atoms. The van der Waals surface area contributed by atoms with Crippen molar-refractivity contribution >= 4 is 5.91 Å². The van der Waals surface area contributed by atoms with Crippen molar-refractivity contribution in [2.75, 3.05) is 20.7 Å². The van der Waals surface area contributed by atoms with Crippen molar-refractivity contribution < 1.29 is 9.53 Å². The van der Waals surface area contributed by atoms with Gasteiger partial charge in [0.25, 0.3) is 0 Å². The van der Waals surface area contributed by atoms with Crippen molar-refractivity contribution in [2.24, 2.45) is 5.73 Å². The monoisotopic (exact) mass is 251 g/mol. The minimum atomic E-state index is -0.305. The summed E-state index contributed by atoms with van der Waals surface area (Å²) in [5, 5.41) is 1.60. The zero-order valence-corrected chi connectivity index (χ0v) is 11.1. The lowest BCUT2D eigenvalue weighted by Gasteiger charge is -2.15. The highest BCUT2D eigenvalue weighted by molar-refractivity contribution is 5.76. The van der Waals surface area contributed by atoms with Crippen molar-refractivity contribution in [3.8, 4) is 5.75 Å². The van der Waals surface area contributed by atoms with Crippen LogP contribution in [-0.4, -0.2) is 31.6 Å². The predicted molar refractivity (Wildman–Crippen MR) is 71.0 cm³/mol. The first-order valence-electron chi connectivity index (χ1n) is 5.98. The smallest absolute Gasteiger partial charge is 0.236 e. The molecule has 0 aliphatic carbocycles. The Kier molecular flexibility index (Phi) is 5.61. The van der Waals surface area contributed by atoms with Gasteiger partial charge in [0.2, 0.25) is 5.91 Å². The number of benzene rings is 1. The number of carbonyl (C=O) groups is 1. The van der Waals surface area contributed by atoms with Crippen molar-refractivity contribution in [3.63, 3.8) is 0 Å². The molecule has 1 amide bonds. The summed E-state index contributed by atoms with van der Waals surface area (Å²) in [5.41, 5.74) is 9.56. The first-order chi connectivity index (χ1) is 8.52. The summed E-state index contributed by atoms with van der Waals surface area (Å²) < 4.78 is 5.35. The highest BCUT2D eigenvalue weighted by atomic mass is 16.5. The van der Waals surface area contributed by atoms with E-state index in [0.29, 0.717) is 6.61 Å². The van der Waals surface area contributed by atoms with Crippen LogP contribution in [0.2, 0.25) is 0 Å². The van der Waals surface area contributed by atoms with Gasteiger partial charge in [0.1, 0.15) is 5.75 Å². The molecule has 0 saturated carbocycles. The number of hydrogen-bond donors (Lipinski definition) is 2. The minimum absolute atomic E-state index is 0.0959. The van der Waals surface area contributed by atoms with E-state index in [-0.39, 0.29) is 18.4 Å². The van der Waals surface area contributed by atoms with Gasteiger partial charge in [0, 0.05) is 26.6 Å². The second-order valence-electron chi connectivity index (χ2n) is 4.24. The summed E-state index contributed by atoms with van der Waals surface area (Å²) in [5.74, 6) is 0.715. The van der Waals surface area contributed by atoms with Crippen LogP contribution in [0.4, 0.5) is 0 Å². The van der Waals surface area contributed by atoms with Crippen LogP contribution < -0.4 is 15.9 Å². The third kappa shape index (κ3) is 4.73. The van der Waals surface area contributed by atoms with Gasteiger partial charge in [0.05, 0.1) is 6.61 Å². The second-order valence-corrected chi connectivity index (χ2v) is 4.24. The number of nitrogens with two attached hydrogens (primary N) is 1. The first kappa shape index (κ1) is 14.5. The third-order valence-corrected chi connectivity index (χ3v) is 2.37. The zero-order chi connectivity index (χ0) is 13.5. The fraction of sp³-hybridized carbons (Fsp3) is 0.462. The van der Waals surface area contributed by atoms with Gasteiger partial charge < -0.3 is 10.5 Å². The van der Waals surface area contributed by atoms with E-state index in [0.717, 1.165) is 11.3 Å². The Morgan fingerprint density at radius 1 is 1.39 bits per heavy atom. The Morgan fingerprint density at radius 3 is 2.50 bits per heavy atom. The van der Waals surface area contributed by atoms with E-state index in [1.54, 1.807) is 19.1 Å². The van der Waals surface area contributed by atoms with Crippen LogP contribution in [0.1, 0.15) is 24.9 Å². The molecule has 0 bridgehead atoms. The van der Waals surface area contributed by atoms with E-state index in [2.05, 4.69) is 5.43 Å². The van der Waals surface area contributed by atoms with E-state index in [1.165, 1.54) is 0 Å². The van der Waals surface area contributed by atoms with Gasteiger partial charge in [-0.05, 0) is 24.6 Å². The second kappa shape index (κ2) is 6.98. The van der Waals surface area contributed by atoms with Gasteiger partial charge in [-0.15, -0.1) is 0 Å². The van der Waals surface area contributed by atoms with Crippen LogP contribution in [0, 0.1) is 0 Å². The lowest BCUT2D eigenvalue weighted by atomic mass is 10.0. The summed E-state index contributed by atoms with van der Waals surface area (Å²) in [6, 6.07) is 7.20. The summed E-state index contributed by atoms with van der Waals surface area (Å²) in [6.07, 6.45) is 0.256. The Hall–Kier alpha value is -1.59. The van der Waals surface area contributed by atoms with Gasteiger partial charge in [-0.1, -0.05) is 12.1 Å². The van der Waals surface area contributed by atoms with Crippen LogP contribution in [0.15, 0.2) is 24.3 Å². The van der Waals surface area contributed by atoms with Crippen molar-refractivity contribution in [1.29, 1.82) is 0 Å². The fourth-order valence-electron chi connectivity index (χ4n) is 1.59. The Labute approximate surface area is 108 Å². The van der Waals surface area contributed by atoms with Crippen molar-refractivity contribution in [3.05, 3.63) is 29.8 Å². The van der Waals surface area contributed by atoms with Crippen LogP contribution in [-0.2, 0) is 4.79 Å². The number of hydrogen-bond acceptors (Lipinski definition) is 4. The number of amides is 1. The Bertz CT molecular complexity index is 376. The number of hydrazine groups is 1. The molecule has 1 unspecified atom stereocenters. The molecule has 0 aromatic heterocycles. The topological polar surface area (TPSA) is 67.6 Å². The van der Waals surface area contributed by atoms with Crippen LogP contribution in [0.25, 0.3) is 0 Å². The predicted octanol–water partition coefficient (Wildman–Crippen LogP) is 1.07. The molecule has 1 aromatic rings. The molecule has 1 atom stereocenters. The largest absolute Gasteiger partial charge is 0.494 e. The first-order valence-corrected chi connectivity index (χ1v) is 5.98. The van der Waals surface area contributed by atoms with Crippen molar-refractivity contribution in [1.82, 2.24) is 10.4 Å². The summed E-state index contributed by atoms with van der Waals surface area (Å²) in [7, 11) is 3.53. The molecular weight excluding hydrogens is 230 g/mol. The quantitative estimate of drug-likeness (QED) is 0.742. The summed E-state index contributed by atoms with van der Waals surface area (Å²) in [4.78, 5) is 11.5. The number of ether oxygens (including phenoxy) is 1. The molecule has 0 aliphatic heterocycles. The molecule has 5 heteroatoms. The minimum Gasteiger partial charge on any atom is -0.494 e. The highest BCUT2D eigenvalue weighted by Crippen LogP contribution is 2.18. The number of carbonyl (C=O) groups excluding carboxylic acids is 1. The van der Waals surface area contributed by atoms with E-state index >= 15 is 0 Å². The maximum atomic E-state index is 11.5. The maximum Gasteiger partial charge on any atom is 0.236 e. The summed E-state index contributed by atoms with van der Waals surface area (Å²) >= 11 is 0. The van der Waals surface area contributed by atoms with Gasteiger partial charge in [-0.3, -0.25) is 10.2 Å². The maximum absolute atomic E-state index is 11.5. The van der Waals surface area contributed by atoms with Gasteiger partial charge in [0.15, 0.2) is 0 Å². The Balaban J connectivity index is 2.55. The van der Waals surface area contributed by atoms with Crippen LogP contribution >= 0.6 is 0 Å². The van der Waals surface area contributed by atoms with E-state index in [1.807, 2.05) is 31.2 Å². The summed E-state index contributed by atoms with van der Waals surface area (Å²) in [6.45, 7) is 2.57. The van der Waals surface area contributed by atoms with E-state index in [4.69, 9.17) is 10.5 Å². The molecule has 18 heavy (non-hydrogen) atoms. The molecule has 0 radical (unpaired) electrons. The normalized spacial score (nSPS) is 12.3. The molecule has 100 valence electrons. The number of nitrogens with zero attached hydrogens (tertiary/aromatic N) is 1. The molecule has 0 heterocycles. The lowest BCUT2D eigenvalue weighted by molar-refractivity contribution is -0.125. The molecule has 5 nitrogen and oxygen atoms in total. The molecule has 0 aliphatic rings. The van der Waals surface area contributed by atoms with Gasteiger partial charge >= 0.3 is 0 Å². The van der Waals surface area contributed by atoms with Crippen LogP contribution in [0.3, 0.4) is 0 Å². The van der Waals surface area contributed by atoms with Crippen molar-refractivity contribution in [2.45, 2.75) is 19.4 Å². The zero-order valence-electron chi connectivity index (χ0n) is 11.1. The standard InChI is InChI=1S/C13H21N3O2/c1-4-18-11-7-5-10(6-8-11)12(14)9-13(17)15-16(2)3/h5-8,12H,4,9,14H2,1-3H3,(H,15,17). The van der Waals surface area contributed by atoms with E-state index in [9.17, 15) is 4.79 Å². The van der Waals surface area contributed by atoms with Gasteiger partial charge in [-0.2, -0.15) is 0 Å².